The summed E-state index contributed by atoms with van der Waals surface area (Å²) >= 11 is 1.83. The number of piperidine rings is 1. The van der Waals surface area contributed by atoms with Crippen molar-refractivity contribution < 1.29 is 4.74 Å². The molecule has 8 heteroatoms. The van der Waals surface area contributed by atoms with E-state index in [1.807, 2.05) is 18.4 Å². The van der Waals surface area contributed by atoms with Crippen molar-refractivity contribution in [2.24, 2.45) is 10.9 Å². The third kappa shape index (κ3) is 6.76. The molecule has 0 unspecified atom stereocenters. The molecule has 0 bridgehead atoms. The summed E-state index contributed by atoms with van der Waals surface area (Å²) in [5.74, 6) is 1.82. The topological polar surface area (TPSA) is 43.3 Å². The fourth-order valence-electron chi connectivity index (χ4n) is 3.79. The first-order valence-corrected chi connectivity index (χ1v) is 10.6. The van der Waals surface area contributed by atoms with Gasteiger partial charge in [-0.3, -0.25) is 4.99 Å². The van der Waals surface area contributed by atoms with E-state index >= 15 is 0 Å². The van der Waals surface area contributed by atoms with Gasteiger partial charge < -0.3 is 24.8 Å². The first-order chi connectivity index (χ1) is 12.8. The molecule has 0 atom stereocenters. The van der Waals surface area contributed by atoms with E-state index in [4.69, 9.17) is 4.74 Å². The van der Waals surface area contributed by atoms with Crippen LogP contribution in [-0.4, -0.2) is 88.9 Å². The average Bonchev–Trinajstić information content (AvgIpc) is 3.23. The molecule has 154 valence electrons. The van der Waals surface area contributed by atoms with Gasteiger partial charge in [0.15, 0.2) is 5.96 Å². The molecule has 1 N–H and O–H groups in total. The van der Waals surface area contributed by atoms with E-state index in [2.05, 4.69) is 42.5 Å². The SMILES string of the molecule is CN=C(NCC1CCN(CCOC)CC1)N1CCN(c2cccs2)CC1.I. The lowest BCUT2D eigenvalue weighted by Crippen LogP contribution is -2.53. The second-order valence-electron chi connectivity index (χ2n) is 7.13. The summed E-state index contributed by atoms with van der Waals surface area (Å²) < 4.78 is 5.19. The highest BCUT2D eigenvalue weighted by molar-refractivity contribution is 14.0. The predicted octanol–water partition coefficient (Wildman–Crippen LogP) is 2.42. The van der Waals surface area contributed by atoms with Crippen molar-refractivity contribution >= 4 is 46.3 Å². The number of ether oxygens (including phenoxy) is 1. The monoisotopic (exact) mass is 507 g/mol. The molecule has 2 fully saturated rings. The Balaban J connectivity index is 0.00000261. The third-order valence-electron chi connectivity index (χ3n) is 5.48. The maximum absolute atomic E-state index is 5.19. The van der Waals surface area contributed by atoms with Crippen LogP contribution < -0.4 is 10.2 Å². The average molecular weight is 507 g/mol. The zero-order valence-corrected chi connectivity index (χ0v) is 19.7. The minimum atomic E-state index is 0. The summed E-state index contributed by atoms with van der Waals surface area (Å²) in [7, 11) is 3.68. The molecule has 0 aliphatic carbocycles. The van der Waals surface area contributed by atoms with E-state index in [0.29, 0.717) is 0 Å². The number of piperazine rings is 1. The predicted molar refractivity (Wildman–Crippen MR) is 126 cm³/mol. The van der Waals surface area contributed by atoms with Gasteiger partial charge in [0.25, 0.3) is 0 Å². The van der Waals surface area contributed by atoms with E-state index in [0.717, 1.165) is 57.8 Å². The van der Waals surface area contributed by atoms with Crippen LogP contribution in [0, 0.1) is 5.92 Å². The van der Waals surface area contributed by atoms with E-state index in [9.17, 15) is 0 Å². The molecule has 0 amide bonds. The summed E-state index contributed by atoms with van der Waals surface area (Å²) in [4.78, 5) is 11.9. The summed E-state index contributed by atoms with van der Waals surface area (Å²) in [6.45, 7) is 9.52. The molecule has 1 aromatic heterocycles. The van der Waals surface area contributed by atoms with Gasteiger partial charge in [-0.2, -0.15) is 0 Å². The number of hydrogen-bond donors (Lipinski definition) is 1. The Bertz CT molecular complexity index is 540. The Morgan fingerprint density at radius 1 is 1.22 bits per heavy atom. The van der Waals surface area contributed by atoms with Gasteiger partial charge in [0.2, 0.25) is 0 Å². The quantitative estimate of drug-likeness (QED) is 0.364. The molecule has 1 aromatic rings. The van der Waals surface area contributed by atoms with Crippen LogP contribution in [0.15, 0.2) is 22.5 Å². The van der Waals surface area contributed by atoms with Gasteiger partial charge in [-0.15, -0.1) is 35.3 Å². The summed E-state index contributed by atoms with van der Waals surface area (Å²) in [6, 6.07) is 4.35. The van der Waals surface area contributed by atoms with Crippen molar-refractivity contribution in [1.82, 2.24) is 15.1 Å². The number of aliphatic imine (C=N–C) groups is 1. The molecule has 0 radical (unpaired) electrons. The maximum Gasteiger partial charge on any atom is 0.193 e. The second-order valence-corrected chi connectivity index (χ2v) is 8.06. The van der Waals surface area contributed by atoms with Crippen molar-refractivity contribution in [1.29, 1.82) is 0 Å². The second kappa shape index (κ2) is 12.1. The van der Waals surface area contributed by atoms with Crippen LogP contribution in [-0.2, 0) is 4.74 Å². The Morgan fingerprint density at radius 3 is 2.56 bits per heavy atom. The van der Waals surface area contributed by atoms with Crippen molar-refractivity contribution in [3.8, 4) is 0 Å². The number of methoxy groups -OCH3 is 1. The molecule has 6 nitrogen and oxygen atoms in total. The van der Waals surface area contributed by atoms with E-state index in [-0.39, 0.29) is 24.0 Å². The zero-order chi connectivity index (χ0) is 18.2. The van der Waals surface area contributed by atoms with Gasteiger partial charge in [0, 0.05) is 53.4 Å². The number of hydrogen-bond acceptors (Lipinski definition) is 5. The molecular formula is C19H34IN5OS. The lowest BCUT2D eigenvalue weighted by molar-refractivity contribution is 0.120. The van der Waals surface area contributed by atoms with Crippen LogP contribution in [0.4, 0.5) is 5.00 Å². The molecule has 0 aromatic carbocycles. The molecule has 2 aliphatic heterocycles. The Hall–Kier alpha value is -0.580. The van der Waals surface area contributed by atoms with Crippen LogP contribution in [0.3, 0.4) is 0 Å². The third-order valence-corrected chi connectivity index (χ3v) is 6.41. The van der Waals surface area contributed by atoms with Gasteiger partial charge >= 0.3 is 0 Å². The van der Waals surface area contributed by atoms with E-state index in [1.54, 1.807) is 7.11 Å². The van der Waals surface area contributed by atoms with Crippen LogP contribution in [0.2, 0.25) is 0 Å². The standard InChI is InChI=1S/C19H33N5OS.HI/c1-20-19(21-16-17-5-7-22(8-6-17)13-14-25-2)24-11-9-23(10-12-24)18-4-3-15-26-18;/h3-4,15,17H,5-14,16H2,1-2H3,(H,20,21);1H. The zero-order valence-electron chi connectivity index (χ0n) is 16.6. The van der Waals surface area contributed by atoms with Crippen LogP contribution >= 0.6 is 35.3 Å². The van der Waals surface area contributed by atoms with Gasteiger partial charge in [-0.1, -0.05) is 0 Å². The smallest absolute Gasteiger partial charge is 0.193 e. The Kier molecular flexibility index (Phi) is 10.2. The van der Waals surface area contributed by atoms with Crippen molar-refractivity contribution in [2.75, 3.05) is 78.0 Å². The molecule has 3 heterocycles. The maximum atomic E-state index is 5.19. The number of likely N-dealkylation sites (tertiary alicyclic amines) is 1. The number of nitrogens with one attached hydrogen (secondary N) is 1. The Morgan fingerprint density at radius 2 is 1.96 bits per heavy atom. The fourth-order valence-corrected chi connectivity index (χ4v) is 4.58. The Labute approximate surface area is 185 Å². The van der Waals surface area contributed by atoms with Crippen LogP contribution in [0.25, 0.3) is 0 Å². The first-order valence-electron chi connectivity index (χ1n) is 9.75. The van der Waals surface area contributed by atoms with Crippen LogP contribution in [0.1, 0.15) is 12.8 Å². The fraction of sp³-hybridized carbons (Fsp3) is 0.737. The van der Waals surface area contributed by atoms with Gasteiger partial charge in [-0.25, -0.2) is 0 Å². The summed E-state index contributed by atoms with van der Waals surface area (Å²) in [5, 5.41) is 7.17. The molecule has 2 saturated heterocycles. The van der Waals surface area contributed by atoms with E-state index < -0.39 is 0 Å². The molecule has 27 heavy (non-hydrogen) atoms. The van der Waals surface area contributed by atoms with E-state index in [1.165, 1.54) is 30.9 Å². The molecule has 2 aliphatic rings. The number of guanidine groups is 1. The van der Waals surface area contributed by atoms with Gasteiger partial charge in [-0.05, 0) is 49.4 Å². The summed E-state index contributed by atoms with van der Waals surface area (Å²) in [5.41, 5.74) is 0. The van der Waals surface area contributed by atoms with Crippen molar-refractivity contribution in [3.05, 3.63) is 17.5 Å². The first kappa shape index (κ1) is 22.7. The molecular weight excluding hydrogens is 473 g/mol. The minimum absolute atomic E-state index is 0. The highest BCUT2D eigenvalue weighted by atomic mass is 127. The van der Waals surface area contributed by atoms with Gasteiger partial charge in [0.1, 0.15) is 0 Å². The number of anilines is 1. The number of halogens is 1. The lowest BCUT2D eigenvalue weighted by atomic mass is 9.97. The lowest BCUT2D eigenvalue weighted by Gasteiger charge is -2.38. The largest absolute Gasteiger partial charge is 0.383 e. The number of thiophene rings is 1. The molecule has 0 spiro atoms. The highest BCUT2D eigenvalue weighted by Crippen LogP contribution is 2.22. The molecule has 0 saturated carbocycles. The highest BCUT2D eigenvalue weighted by Gasteiger charge is 2.22. The summed E-state index contributed by atoms with van der Waals surface area (Å²) in [6.07, 6.45) is 2.53. The van der Waals surface area contributed by atoms with Crippen molar-refractivity contribution in [2.45, 2.75) is 12.8 Å². The van der Waals surface area contributed by atoms with Crippen LogP contribution in [0.5, 0.6) is 0 Å². The number of rotatable bonds is 6. The minimum Gasteiger partial charge on any atom is -0.383 e. The number of nitrogens with zero attached hydrogens (tertiary/aromatic N) is 4. The molecule has 3 rings (SSSR count). The van der Waals surface area contributed by atoms with Gasteiger partial charge in [0.05, 0.1) is 11.6 Å². The van der Waals surface area contributed by atoms with Crippen molar-refractivity contribution in [3.63, 3.8) is 0 Å². The normalized spacial score (nSPS) is 19.9.